The normalized spacial score (nSPS) is 17.8. The molecule has 110 valence electrons. The Balaban J connectivity index is 1.81. The molecule has 1 atom stereocenters. The van der Waals surface area contributed by atoms with Crippen molar-refractivity contribution in [2.75, 3.05) is 6.61 Å². The highest BCUT2D eigenvalue weighted by Crippen LogP contribution is 2.40. The summed E-state index contributed by atoms with van der Waals surface area (Å²) < 4.78 is 5.05. The van der Waals surface area contributed by atoms with Gasteiger partial charge in [-0.2, -0.15) is 0 Å². The van der Waals surface area contributed by atoms with Crippen LogP contribution in [0.25, 0.3) is 21.3 Å². The molecule has 3 aromatic rings. The Morgan fingerprint density at radius 3 is 2.86 bits per heavy atom. The third-order valence-electron chi connectivity index (χ3n) is 3.56. The van der Waals surface area contributed by atoms with E-state index in [-0.39, 0.29) is 11.2 Å². The van der Waals surface area contributed by atoms with Crippen molar-refractivity contribution in [3.05, 3.63) is 42.0 Å². The van der Waals surface area contributed by atoms with Crippen molar-refractivity contribution in [2.45, 2.75) is 16.7 Å². The lowest BCUT2D eigenvalue weighted by molar-refractivity contribution is -0.137. The molecule has 0 N–H and O–H groups in total. The van der Waals surface area contributed by atoms with Crippen molar-refractivity contribution in [3.8, 4) is 11.1 Å². The Morgan fingerprint density at radius 1 is 1.23 bits per heavy atom. The monoisotopic (exact) mass is 328 g/mol. The fraction of sp³-hybridized carbons (Fsp3) is 0.188. The first-order valence-electron chi connectivity index (χ1n) is 6.94. The maximum atomic E-state index is 11.7. The molecular formula is C16H12N2O2S2. The van der Waals surface area contributed by atoms with Gasteiger partial charge in [0.05, 0.1) is 12.0 Å². The lowest BCUT2D eigenvalue weighted by Gasteiger charge is -2.07. The molecule has 1 fully saturated rings. The molecule has 1 aromatic carbocycles. The Kier molecular flexibility index (Phi) is 3.56. The predicted octanol–water partition coefficient (Wildman–Crippen LogP) is 3.77. The molecule has 2 aromatic heterocycles. The quantitative estimate of drug-likeness (QED) is 0.541. The number of ether oxygens (including phenoxy) is 1. The number of thioether (sulfide) groups is 1. The summed E-state index contributed by atoms with van der Waals surface area (Å²) in [4.78, 5) is 21.4. The highest BCUT2D eigenvalue weighted by molar-refractivity contribution is 8.00. The number of thiophene rings is 1. The maximum absolute atomic E-state index is 11.7. The zero-order chi connectivity index (χ0) is 14.9. The molecule has 0 aliphatic carbocycles. The van der Waals surface area contributed by atoms with E-state index in [0.29, 0.717) is 6.61 Å². The van der Waals surface area contributed by atoms with E-state index >= 15 is 0 Å². The SMILES string of the molecule is O=C1OCCC1Sc1ncnc2scc(-c3ccccc3)c12. The summed E-state index contributed by atoms with van der Waals surface area (Å²) in [5.74, 6) is -0.145. The van der Waals surface area contributed by atoms with Crippen LogP contribution in [0.1, 0.15) is 6.42 Å². The number of benzene rings is 1. The van der Waals surface area contributed by atoms with E-state index in [4.69, 9.17) is 4.74 Å². The van der Waals surface area contributed by atoms with Crippen LogP contribution in [0.2, 0.25) is 0 Å². The van der Waals surface area contributed by atoms with E-state index in [1.807, 2.05) is 18.2 Å². The van der Waals surface area contributed by atoms with Crippen LogP contribution in [0, 0.1) is 0 Å². The minimum atomic E-state index is -0.165. The smallest absolute Gasteiger partial charge is 0.319 e. The maximum Gasteiger partial charge on any atom is 0.319 e. The first-order chi connectivity index (χ1) is 10.8. The molecule has 1 unspecified atom stereocenters. The molecule has 0 radical (unpaired) electrons. The average molecular weight is 328 g/mol. The molecule has 3 heterocycles. The Bertz CT molecular complexity index is 833. The third-order valence-corrected chi connectivity index (χ3v) is 5.69. The van der Waals surface area contributed by atoms with Crippen molar-refractivity contribution in [3.63, 3.8) is 0 Å². The fourth-order valence-electron chi connectivity index (χ4n) is 2.49. The summed E-state index contributed by atoms with van der Waals surface area (Å²) in [7, 11) is 0. The van der Waals surface area contributed by atoms with Gasteiger partial charge in [0.2, 0.25) is 0 Å². The summed E-state index contributed by atoms with van der Waals surface area (Å²) in [6, 6.07) is 10.2. The van der Waals surface area contributed by atoms with Crippen LogP contribution in [-0.4, -0.2) is 27.8 Å². The third kappa shape index (κ3) is 2.38. The van der Waals surface area contributed by atoms with Gasteiger partial charge in [0.25, 0.3) is 0 Å². The van der Waals surface area contributed by atoms with Crippen LogP contribution in [0.5, 0.6) is 0 Å². The molecule has 1 aliphatic heterocycles. The molecule has 0 amide bonds. The summed E-state index contributed by atoms with van der Waals surface area (Å²) in [5, 5.41) is 3.82. The number of nitrogens with zero attached hydrogens (tertiary/aromatic N) is 2. The zero-order valence-corrected chi connectivity index (χ0v) is 13.2. The number of esters is 1. The van der Waals surface area contributed by atoms with E-state index in [1.54, 1.807) is 17.7 Å². The minimum absolute atomic E-state index is 0.145. The molecule has 0 spiro atoms. The molecule has 0 saturated carbocycles. The number of hydrogen-bond donors (Lipinski definition) is 0. The predicted molar refractivity (Wildman–Crippen MR) is 88.1 cm³/mol. The second-order valence-electron chi connectivity index (χ2n) is 4.94. The van der Waals surface area contributed by atoms with Gasteiger partial charge in [-0.05, 0) is 5.56 Å². The summed E-state index contributed by atoms with van der Waals surface area (Å²) >= 11 is 3.08. The van der Waals surface area contributed by atoms with Crippen molar-refractivity contribution >= 4 is 39.3 Å². The summed E-state index contributed by atoms with van der Waals surface area (Å²) in [6.45, 7) is 0.500. The van der Waals surface area contributed by atoms with Crippen LogP contribution in [-0.2, 0) is 9.53 Å². The zero-order valence-electron chi connectivity index (χ0n) is 11.6. The highest BCUT2D eigenvalue weighted by atomic mass is 32.2. The van der Waals surface area contributed by atoms with Gasteiger partial charge in [0, 0.05) is 17.4 Å². The van der Waals surface area contributed by atoms with Crippen LogP contribution in [0.4, 0.5) is 0 Å². The van der Waals surface area contributed by atoms with Gasteiger partial charge in [0.1, 0.15) is 21.4 Å². The molecule has 22 heavy (non-hydrogen) atoms. The second kappa shape index (κ2) is 5.70. The van der Waals surface area contributed by atoms with Gasteiger partial charge in [-0.1, -0.05) is 42.1 Å². The van der Waals surface area contributed by atoms with Crippen molar-refractivity contribution in [1.29, 1.82) is 0 Å². The number of hydrogen-bond acceptors (Lipinski definition) is 6. The highest BCUT2D eigenvalue weighted by Gasteiger charge is 2.29. The molecule has 4 nitrogen and oxygen atoms in total. The molecule has 1 saturated heterocycles. The van der Waals surface area contributed by atoms with E-state index in [9.17, 15) is 4.79 Å². The van der Waals surface area contributed by atoms with Crippen LogP contribution in [0.15, 0.2) is 47.1 Å². The summed E-state index contributed by atoms with van der Waals surface area (Å²) in [5.41, 5.74) is 2.26. The standard InChI is InChI=1S/C16H12N2O2S2/c19-16-12(6-7-20-16)22-15-13-11(10-4-2-1-3-5-10)8-21-14(13)17-9-18-15/h1-5,8-9,12H,6-7H2. The minimum Gasteiger partial charge on any atom is -0.465 e. The number of carbonyl (C=O) groups is 1. The van der Waals surface area contributed by atoms with Crippen LogP contribution < -0.4 is 0 Å². The van der Waals surface area contributed by atoms with Gasteiger partial charge >= 0.3 is 5.97 Å². The lowest BCUT2D eigenvalue weighted by Crippen LogP contribution is -2.09. The van der Waals surface area contributed by atoms with E-state index in [2.05, 4.69) is 27.5 Å². The molecule has 4 rings (SSSR count). The topological polar surface area (TPSA) is 52.1 Å². The van der Waals surface area contributed by atoms with Gasteiger partial charge in [0.15, 0.2) is 0 Å². The van der Waals surface area contributed by atoms with E-state index < -0.39 is 0 Å². The lowest BCUT2D eigenvalue weighted by atomic mass is 10.1. The molecule has 0 bridgehead atoms. The van der Waals surface area contributed by atoms with Crippen LogP contribution in [0.3, 0.4) is 0 Å². The van der Waals surface area contributed by atoms with Crippen molar-refractivity contribution in [1.82, 2.24) is 9.97 Å². The average Bonchev–Trinajstić information content (AvgIpc) is 3.16. The van der Waals surface area contributed by atoms with E-state index in [1.165, 1.54) is 11.8 Å². The number of rotatable bonds is 3. The number of carbonyl (C=O) groups excluding carboxylic acids is 1. The fourth-order valence-corrected chi connectivity index (χ4v) is 4.55. The van der Waals surface area contributed by atoms with Crippen molar-refractivity contribution in [2.24, 2.45) is 0 Å². The Morgan fingerprint density at radius 2 is 2.09 bits per heavy atom. The number of cyclic esters (lactones) is 1. The van der Waals surface area contributed by atoms with Crippen molar-refractivity contribution < 1.29 is 9.53 Å². The largest absolute Gasteiger partial charge is 0.465 e. The van der Waals surface area contributed by atoms with Gasteiger partial charge in [-0.15, -0.1) is 11.3 Å². The Hall–Kier alpha value is -1.92. The molecule has 1 aliphatic rings. The van der Waals surface area contributed by atoms with E-state index in [0.717, 1.165) is 32.8 Å². The van der Waals surface area contributed by atoms with Crippen LogP contribution >= 0.6 is 23.1 Å². The van der Waals surface area contributed by atoms with Gasteiger partial charge in [-0.25, -0.2) is 9.97 Å². The second-order valence-corrected chi connectivity index (χ2v) is 6.99. The number of fused-ring (bicyclic) bond motifs is 1. The summed E-state index contributed by atoms with van der Waals surface area (Å²) in [6.07, 6.45) is 2.30. The first-order valence-corrected chi connectivity index (χ1v) is 8.70. The van der Waals surface area contributed by atoms with Gasteiger partial charge < -0.3 is 4.74 Å². The number of aromatic nitrogens is 2. The van der Waals surface area contributed by atoms with Gasteiger partial charge in [-0.3, -0.25) is 4.79 Å². The molecular weight excluding hydrogens is 316 g/mol. The molecule has 6 heteroatoms. The first kappa shape index (κ1) is 13.7. The Labute approximate surface area is 135 Å².